The maximum Gasteiger partial charge on any atom is 0.322 e. The Labute approximate surface area is 267 Å². The molecule has 1 fully saturated rings. The zero-order valence-corrected chi connectivity index (χ0v) is 26.8. The van der Waals surface area contributed by atoms with Crippen LogP contribution < -0.4 is 27.4 Å². The van der Waals surface area contributed by atoms with E-state index in [2.05, 4.69) is 47.8 Å². The molecule has 43 heavy (non-hydrogen) atoms. The molecule has 2 aromatic carbocycles. The van der Waals surface area contributed by atoms with Gasteiger partial charge in [-0.3, -0.25) is 9.59 Å². The zero-order chi connectivity index (χ0) is 31.1. The Morgan fingerprint density at radius 3 is 2.37 bits per heavy atom. The Bertz CT molecular complexity index is 1330. The molecule has 6 amide bonds. The third-order valence-corrected chi connectivity index (χ3v) is 9.00. The van der Waals surface area contributed by atoms with Gasteiger partial charge in [-0.2, -0.15) is 0 Å². The maximum atomic E-state index is 13.4. The molecule has 12 nitrogen and oxygen atoms in total. The van der Waals surface area contributed by atoms with Gasteiger partial charge in [0.15, 0.2) is 0 Å². The van der Waals surface area contributed by atoms with Crippen LogP contribution in [0, 0.1) is 0 Å². The predicted molar refractivity (Wildman–Crippen MR) is 169 cm³/mol. The van der Waals surface area contributed by atoms with Crippen molar-refractivity contribution in [1.82, 2.24) is 20.4 Å². The number of hydrogen-bond donors (Lipinski definition) is 6. The van der Waals surface area contributed by atoms with Crippen LogP contribution in [0.2, 0.25) is 0 Å². The number of primary amides is 1. The van der Waals surface area contributed by atoms with E-state index in [1.54, 1.807) is 17.0 Å². The van der Waals surface area contributed by atoms with Crippen molar-refractivity contribution < 1.29 is 24.3 Å². The van der Waals surface area contributed by atoms with Gasteiger partial charge in [0.2, 0.25) is 11.8 Å². The van der Waals surface area contributed by atoms with Gasteiger partial charge in [-0.25, -0.2) is 9.59 Å². The number of aromatic hydroxyl groups is 1. The lowest BCUT2D eigenvalue weighted by Gasteiger charge is -2.40. The van der Waals surface area contributed by atoms with Gasteiger partial charge in [0.25, 0.3) is 0 Å². The van der Waals surface area contributed by atoms with Crippen molar-refractivity contribution in [2.75, 3.05) is 25.0 Å². The minimum atomic E-state index is -1.03. The second kappa shape index (κ2) is 14.9. The van der Waals surface area contributed by atoms with E-state index in [9.17, 15) is 24.3 Å². The van der Waals surface area contributed by atoms with Gasteiger partial charge in [0, 0.05) is 37.8 Å². The van der Waals surface area contributed by atoms with Crippen LogP contribution in [0.5, 0.6) is 5.75 Å². The molecule has 4 rings (SSSR count). The first-order valence-corrected chi connectivity index (χ1v) is 15.8. The van der Waals surface area contributed by atoms with E-state index >= 15 is 0 Å². The van der Waals surface area contributed by atoms with E-state index in [0.717, 1.165) is 11.3 Å². The van der Waals surface area contributed by atoms with E-state index in [-0.39, 0.29) is 24.2 Å². The molecular weight excluding hydrogens is 686 g/mol. The molecule has 2 aliphatic heterocycles. The van der Waals surface area contributed by atoms with E-state index < -0.39 is 29.9 Å². The number of anilines is 1. The SMILES string of the molecule is NCCCC[C@H](NC(=O)[C@@H](Cc1cc(Br)c(O)c(Br)c1)NC(=O)N1CCC(N2Cc3ccccc3NC2=O)CC1)C(N)=O. The highest BCUT2D eigenvalue weighted by Crippen LogP contribution is 2.34. The number of carbonyl (C=O) groups is 4. The number of amides is 6. The third kappa shape index (κ3) is 8.39. The number of fused-ring (bicyclic) bond motifs is 1. The number of phenols is 1. The van der Waals surface area contributed by atoms with Crippen LogP contribution in [-0.2, 0) is 22.6 Å². The lowest BCUT2D eigenvalue weighted by atomic mass is 10.0. The highest BCUT2D eigenvalue weighted by atomic mass is 79.9. The molecule has 14 heteroatoms. The number of phenolic OH excluding ortho intramolecular Hbond substituents is 1. The van der Waals surface area contributed by atoms with E-state index in [0.29, 0.717) is 72.8 Å². The molecule has 0 unspecified atom stereocenters. The molecule has 2 aromatic rings. The van der Waals surface area contributed by atoms with Gasteiger partial charge >= 0.3 is 12.1 Å². The summed E-state index contributed by atoms with van der Waals surface area (Å²) in [6, 6.07) is 8.45. The Morgan fingerprint density at radius 2 is 1.72 bits per heavy atom. The number of piperidine rings is 1. The number of hydrogen-bond acceptors (Lipinski definition) is 6. The number of halogens is 2. The lowest BCUT2D eigenvalue weighted by Crippen LogP contribution is -2.57. The fourth-order valence-corrected chi connectivity index (χ4v) is 6.65. The molecule has 8 N–H and O–H groups in total. The molecule has 232 valence electrons. The summed E-state index contributed by atoms with van der Waals surface area (Å²) in [4.78, 5) is 55.1. The predicted octanol–water partition coefficient (Wildman–Crippen LogP) is 3.15. The molecule has 0 radical (unpaired) electrons. The standard InChI is InChI=1S/C29H37Br2N7O5/c30-20-13-17(14-21(31)25(20)39)15-24(27(41)34-23(26(33)40)7-3-4-10-32)36-28(42)37-11-8-19(9-12-37)38-16-18-5-1-2-6-22(18)35-29(38)43/h1-2,5-6,13-14,19,23-24,39H,3-4,7-12,15-16,32H2,(H2,33,40)(H,34,41)(H,35,43)(H,36,42)/t23-,24+/m0/s1. The summed E-state index contributed by atoms with van der Waals surface area (Å²) < 4.78 is 0.844. The number of rotatable bonds is 11. The molecule has 0 aromatic heterocycles. The Balaban J connectivity index is 1.42. The van der Waals surface area contributed by atoms with Gasteiger partial charge < -0.3 is 42.3 Å². The number of benzene rings is 2. The van der Waals surface area contributed by atoms with Crippen LogP contribution >= 0.6 is 31.9 Å². The van der Waals surface area contributed by atoms with Crippen molar-refractivity contribution in [2.24, 2.45) is 11.5 Å². The van der Waals surface area contributed by atoms with Crippen LogP contribution in [0.1, 0.15) is 43.2 Å². The summed E-state index contributed by atoms with van der Waals surface area (Å²) in [5, 5.41) is 18.6. The van der Waals surface area contributed by atoms with Crippen molar-refractivity contribution in [2.45, 2.75) is 63.2 Å². The molecule has 2 atom stereocenters. The van der Waals surface area contributed by atoms with Crippen molar-refractivity contribution >= 4 is 61.4 Å². The molecule has 0 saturated carbocycles. The smallest absolute Gasteiger partial charge is 0.322 e. The summed E-state index contributed by atoms with van der Waals surface area (Å²) in [6.07, 6.45) is 2.88. The largest absolute Gasteiger partial charge is 0.506 e. The maximum absolute atomic E-state index is 13.4. The van der Waals surface area contributed by atoms with Crippen molar-refractivity contribution in [3.63, 3.8) is 0 Å². The number of likely N-dealkylation sites (tertiary alicyclic amines) is 1. The third-order valence-electron chi connectivity index (χ3n) is 7.79. The summed E-state index contributed by atoms with van der Waals surface area (Å²) in [5.41, 5.74) is 13.6. The minimum Gasteiger partial charge on any atom is -0.506 e. The summed E-state index contributed by atoms with van der Waals surface area (Å²) in [7, 11) is 0. The van der Waals surface area contributed by atoms with Gasteiger partial charge in [0.1, 0.15) is 17.8 Å². The highest BCUT2D eigenvalue weighted by molar-refractivity contribution is 9.11. The van der Waals surface area contributed by atoms with Crippen LogP contribution in [-0.4, -0.2) is 76.5 Å². The zero-order valence-electron chi connectivity index (χ0n) is 23.7. The highest BCUT2D eigenvalue weighted by Gasteiger charge is 2.34. The average Bonchev–Trinajstić information content (AvgIpc) is 2.98. The first-order chi connectivity index (χ1) is 20.6. The van der Waals surface area contributed by atoms with E-state index in [1.165, 1.54) is 0 Å². The quantitative estimate of drug-likeness (QED) is 0.194. The first kappa shape index (κ1) is 32.6. The Hall–Kier alpha value is -3.36. The number of urea groups is 2. The molecule has 0 bridgehead atoms. The Morgan fingerprint density at radius 1 is 1.05 bits per heavy atom. The molecule has 2 heterocycles. The van der Waals surface area contributed by atoms with Crippen LogP contribution in [0.15, 0.2) is 45.3 Å². The van der Waals surface area contributed by atoms with Crippen molar-refractivity contribution in [1.29, 1.82) is 0 Å². The van der Waals surface area contributed by atoms with E-state index in [4.69, 9.17) is 11.5 Å². The summed E-state index contributed by atoms with van der Waals surface area (Å²) >= 11 is 6.61. The monoisotopic (exact) mass is 721 g/mol. The van der Waals surface area contributed by atoms with Gasteiger partial charge in [-0.05, 0) is 99.8 Å². The first-order valence-electron chi connectivity index (χ1n) is 14.2. The van der Waals surface area contributed by atoms with Gasteiger partial charge in [0.05, 0.1) is 8.95 Å². The number of nitrogens with zero attached hydrogens (tertiary/aromatic N) is 2. The minimum absolute atomic E-state index is 0.0104. The molecule has 2 aliphatic rings. The number of carbonyl (C=O) groups excluding carboxylic acids is 4. The fraction of sp³-hybridized carbons (Fsp3) is 0.448. The Kier molecular flexibility index (Phi) is 11.3. The normalized spacial score (nSPS) is 16.6. The van der Waals surface area contributed by atoms with Crippen LogP contribution in [0.4, 0.5) is 15.3 Å². The second-order valence-corrected chi connectivity index (χ2v) is 12.5. The number of nitrogens with two attached hydrogens (primary N) is 2. The topological polar surface area (TPSA) is 183 Å². The number of nitrogens with one attached hydrogen (secondary N) is 3. The summed E-state index contributed by atoms with van der Waals surface area (Å²) in [5.74, 6) is -1.21. The summed E-state index contributed by atoms with van der Waals surface area (Å²) in [6.45, 7) is 1.76. The van der Waals surface area contributed by atoms with Gasteiger partial charge in [-0.15, -0.1) is 0 Å². The van der Waals surface area contributed by atoms with Gasteiger partial charge in [-0.1, -0.05) is 18.2 Å². The second-order valence-electron chi connectivity index (χ2n) is 10.8. The molecule has 0 spiro atoms. The molecule has 1 saturated heterocycles. The van der Waals surface area contributed by atoms with E-state index in [1.807, 2.05) is 29.2 Å². The number of para-hydroxylation sites is 1. The molecule has 0 aliphatic carbocycles. The van der Waals surface area contributed by atoms with Crippen LogP contribution in [0.3, 0.4) is 0 Å². The van der Waals surface area contributed by atoms with Crippen LogP contribution in [0.25, 0.3) is 0 Å². The fourth-order valence-electron chi connectivity index (χ4n) is 5.37. The molecular formula is C29H37Br2N7O5. The number of unbranched alkanes of at least 4 members (excludes halogenated alkanes) is 1. The van der Waals surface area contributed by atoms with Crippen molar-refractivity contribution in [3.05, 3.63) is 56.5 Å². The van der Waals surface area contributed by atoms with Crippen molar-refractivity contribution in [3.8, 4) is 5.75 Å². The lowest BCUT2D eigenvalue weighted by molar-refractivity contribution is -0.128. The average molecular weight is 723 g/mol.